The molecule has 0 radical (unpaired) electrons. The zero-order chi connectivity index (χ0) is 67.4. The summed E-state index contributed by atoms with van der Waals surface area (Å²) in [6, 6.07) is 29.2. The zero-order valence-corrected chi connectivity index (χ0v) is 54.7. The highest BCUT2D eigenvalue weighted by molar-refractivity contribution is 6.37. The molecular weight excluding hydrogens is 1350 g/mol. The lowest BCUT2D eigenvalue weighted by Crippen LogP contribution is -2.34. The number of amides is 11. The number of urea groups is 3. The van der Waals surface area contributed by atoms with Gasteiger partial charge in [-0.05, 0) is 174 Å². The van der Waals surface area contributed by atoms with E-state index in [0.29, 0.717) is 73.1 Å². The molecule has 0 bridgehead atoms. The summed E-state index contributed by atoms with van der Waals surface area (Å²) < 4.78 is 5.43. The lowest BCUT2D eigenvalue weighted by atomic mass is 10.0. The molecule has 27 heteroatoms. The lowest BCUT2D eigenvalue weighted by Gasteiger charge is -2.24. The number of carboxylic acid groups (broad SMARTS) is 1. The van der Waals surface area contributed by atoms with Gasteiger partial charge in [-0.25, -0.2) is 49.7 Å². The molecule has 4 N–H and O–H groups in total. The van der Waals surface area contributed by atoms with Gasteiger partial charge in [0.25, 0.3) is 29.5 Å². The van der Waals surface area contributed by atoms with E-state index in [2.05, 4.69) is 5.48 Å². The van der Waals surface area contributed by atoms with Gasteiger partial charge in [0.1, 0.15) is 19.6 Å². The van der Waals surface area contributed by atoms with Crippen molar-refractivity contribution in [3.8, 4) is 0 Å². The number of hydrogen-bond acceptors (Lipinski definition) is 12. The van der Waals surface area contributed by atoms with Gasteiger partial charge in [0.05, 0.1) is 35.2 Å². The molecule has 4 aliphatic heterocycles. The molecule has 0 saturated carbocycles. The number of carbonyl (C=O) groups excluding carboxylic acids is 8. The van der Waals surface area contributed by atoms with E-state index < -0.39 is 36.3 Å². The SMILES string of the molecule is O=C(/C=C/c1ccc2c(c1)CCC2N1CC(=O)N(c2cc(Cl)cc(Cl)c2)C1=O)NO.O=C(/C=C/c1ccc2c(c1)CCC2N1CC(=O)N(c2cc(Cl)cc(Cl)c2)C1=O)NOC1CCCCO1.O=C(O)/C=C/c1ccc2c(c1)CCC2N1CC(=O)N(c2cc(Cl)cc(Cl)c2)C1=O. The molecule has 6 aromatic carbocycles. The van der Waals surface area contributed by atoms with E-state index >= 15 is 0 Å². The van der Waals surface area contributed by atoms with Crippen LogP contribution in [0.4, 0.5) is 31.4 Å². The van der Waals surface area contributed by atoms with Gasteiger partial charge in [0, 0.05) is 61.4 Å². The van der Waals surface area contributed by atoms with Crippen LogP contribution in [0.15, 0.2) is 127 Å². The summed E-state index contributed by atoms with van der Waals surface area (Å²) in [5, 5.41) is 19.4. The Morgan fingerprint density at radius 3 is 1.14 bits per heavy atom. The molecule has 3 aliphatic carbocycles. The lowest BCUT2D eigenvalue weighted by molar-refractivity contribution is -0.198. The second-order valence-corrected chi connectivity index (χ2v) is 25.7. The number of carboxylic acids is 1. The van der Waals surface area contributed by atoms with Crippen molar-refractivity contribution >= 4 is 158 Å². The third-order valence-corrected chi connectivity index (χ3v) is 18.2. The summed E-state index contributed by atoms with van der Waals surface area (Å²) in [7, 11) is 0. The van der Waals surface area contributed by atoms with E-state index in [9.17, 15) is 43.2 Å². The van der Waals surface area contributed by atoms with E-state index in [-0.39, 0.29) is 61.4 Å². The highest BCUT2D eigenvalue weighted by Gasteiger charge is 2.46. The standard InChI is InChI=1S/C26H25Cl2N3O5.C21H17Cl2N3O4.C21H16Cl2N2O4/c27-18-12-19(28)14-20(13-18)31-24(33)15-30(26(31)34)22-8-6-17-11-16(4-7-21(17)22)5-9-23(32)29-36-25-3-1-2-10-35-25;22-14-8-15(23)10-16(9-14)26-20(28)11-25(21(26)29)18-5-3-13-7-12(1-4-17(13)18)2-6-19(27)24-30;22-14-8-15(23)10-16(9-14)25-19(26)11-24(21(25)29)18-5-3-13-7-12(1-4-17(13)18)2-6-20(27)28/h4-5,7,9,11-14,22,25H,1-3,6,8,10,15H2,(H,29,32);1-2,4,6-10,18,30H,3,5,11H2,(H,24,27);1-2,4,6-10,18H,3,5,11H2,(H,27,28)/b9-5+;2*6-2+. The number of anilines is 3. The van der Waals surface area contributed by atoms with Crippen LogP contribution in [0.5, 0.6) is 0 Å². The van der Waals surface area contributed by atoms with Crippen LogP contribution in [-0.4, -0.2) is 111 Å². The Hall–Kier alpha value is -8.61. The maximum Gasteiger partial charge on any atom is 0.332 e. The topological polar surface area (TPSA) is 256 Å². The van der Waals surface area contributed by atoms with Crippen LogP contribution >= 0.6 is 69.6 Å². The number of aryl methyl sites for hydroxylation is 3. The summed E-state index contributed by atoms with van der Waals surface area (Å²) in [5.41, 5.74) is 13.6. The van der Waals surface area contributed by atoms with Gasteiger partial charge >= 0.3 is 24.1 Å². The first-order valence-corrected chi connectivity index (χ1v) is 32.3. The summed E-state index contributed by atoms with van der Waals surface area (Å²) in [6.07, 6.45) is 15.3. The van der Waals surface area contributed by atoms with Gasteiger partial charge < -0.3 is 24.5 Å². The molecule has 4 heterocycles. The number of benzene rings is 6. The minimum Gasteiger partial charge on any atom is -0.478 e. The molecular formula is C68H58Cl6N8O13. The molecule has 0 spiro atoms. The molecule has 21 nitrogen and oxygen atoms in total. The van der Waals surface area contributed by atoms with Gasteiger partial charge in [-0.1, -0.05) is 124 Å². The van der Waals surface area contributed by atoms with E-state index in [4.69, 9.17) is 89.5 Å². The second kappa shape index (κ2) is 29.6. The minimum atomic E-state index is -1.01. The summed E-state index contributed by atoms with van der Waals surface area (Å²) in [5.74, 6) is -2.98. The Balaban J connectivity index is 0.000000146. The number of rotatable bonds is 14. The van der Waals surface area contributed by atoms with E-state index in [1.165, 1.54) is 42.5 Å². The average molecular weight is 1410 g/mol. The van der Waals surface area contributed by atoms with Gasteiger partial charge in [-0.2, -0.15) is 0 Å². The van der Waals surface area contributed by atoms with Gasteiger partial charge in [-0.3, -0.25) is 29.2 Å². The third kappa shape index (κ3) is 15.6. The molecule has 4 fully saturated rings. The van der Waals surface area contributed by atoms with Crippen LogP contribution < -0.4 is 25.7 Å². The van der Waals surface area contributed by atoms with Gasteiger partial charge in [0.15, 0.2) is 6.29 Å². The highest BCUT2D eigenvalue weighted by atomic mass is 35.5. The predicted octanol–water partition coefficient (Wildman–Crippen LogP) is 13.6. The van der Waals surface area contributed by atoms with Gasteiger partial charge in [-0.15, -0.1) is 0 Å². The fraction of sp³-hybridized carbons (Fsp3) is 0.250. The van der Waals surface area contributed by atoms with Crippen molar-refractivity contribution in [2.75, 3.05) is 40.9 Å². The maximum absolute atomic E-state index is 13.2. The number of ether oxygens (including phenoxy) is 1. The summed E-state index contributed by atoms with van der Waals surface area (Å²) in [4.78, 5) is 125. The van der Waals surface area contributed by atoms with Crippen LogP contribution in [0.2, 0.25) is 30.1 Å². The number of aliphatic carboxylic acids is 1. The minimum absolute atomic E-state index is 0.0143. The predicted molar refractivity (Wildman–Crippen MR) is 358 cm³/mol. The molecule has 13 rings (SSSR count). The molecule has 11 amide bonds. The molecule has 4 saturated heterocycles. The van der Waals surface area contributed by atoms with Crippen molar-refractivity contribution in [1.82, 2.24) is 25.7 Å². The van der Waals surface area contributed by atoms with Crippen molar-refractivity contribution in [2.45, 2.75) is 82.2 Å². The molecule has 4 unspecified atom stereocenters. The normalized spacial score (nSPS) is 19.9. The third-order valence-electron chi connectivity index (χ3n) is 16.9. The zero-order valence-electron chi connectivity index (χ0n) is 50.2. The summed E-state index contributed by atoms with van der Waals surface area (Å²) in [6.45, 7) is 0.579. The first kappa shape index (κ1) is 67.8. The number of carbonyl (C=O) groups is 9. The Bertz CT molecular complexity index is 4160. The fourth-order valence-electron chi connectivity index (χ4n) is 12.7. The second-order valence-electron chi connectivity index (χ2n) is 23.0. The molecule has 490 valence electrons. The number of hydroxylamine groups is 2. The average Bonchev–Trinajstić information content (AvgIpc) is 1.63. The van der Waals surface area contributed by atoms with Crippen LogP contribution in [0.1, 0.15) is 107 Å². The highest BCUT2D eigenvalue weighted by Crippen LogP contribution is 2.44. The first-order chi connectivity index (χ1) is 45.6. The fourth-order valence-corrected chi connectivity index (χ4v) is 14.2. The molecule has 6 aromatic rings. The van der Waals surface area contributed by atoms with Crippen molar-refractivity contribution < 1.29 is 63.0 Å². The number of hydrogen-bond donors (Lipinski definition) is 4. The van der Waals surface area contributed by atoms with E-state index in [1.54, 1.807) is 62.7 Å². The van der Waals surface area contributed by atoms with Crippen molar-refractivity contribution in [3.63, 3.8) is 0 Å². The monoisotopic (exact) mass is 1400 g/mol. The Labute approximate surface area is 574 Å². The van der Waals surface area contributed by atoms with Gasteiger partial charge in [0.2, 0.25) is 0 Å². The van der Waals surface area contributed by atoms with Crippen molar-refractivity contribution in [1.29, 1.82) is 0 Å². The summed E-state index contributed by atoms with van der Waals surface area (Å²) >= 11 is 36.3. The number of fused-ring (bicyclic) bond motifs is 3. The van der Waals surface area contributed by atoms with Crippen molar-refractivity contribution in [3.05, 3.63) is 208 Å². The number of halogens is 6. The first-order valence-electron chi connectivity index (χ1n) is 30.1. The van der Waals surface area contributed by atoms with Crippen molar-refractivity contribution in [2.24, 2.45) is 0 Å². The molecule has 95 heavy (non-hydrogen) atoms. The molecule has 7 aliphatic rings. The quantitative estimate of drug-likeness (QED) is 0.0343. The Morgan fingerprint density at radius 1 is 0.463 bits per heavy atom. The molecule has 0 aromatic heterocycles. The molecule has 4 atom stereocenters. The largest absolute Gasteiger partial charge is 0.478 e. The smallest absolute Gasteiger partial charge is 0.332 e. The number of imide groups is 3. The van der Waals surface area contributed by atoms with Crippen LogP contribution in [0.25, 0.3) is 18.2 Å². The Kier molecular flexibility index (Phi) is 21.1. The van der Waals surface area contributed by atoms with Crippen LogP contribution in [0.3, 0.4) is 0 Å². The van der Waals surface area contributed by atoms with Crippen LogP contribution in [-0.2, 0) is 57.6 Å². The van der Waals surface area contributed by atoms with E-state index in [1.807, 2.05) is 54.6 Å². The number of nitrogens with zero attached hydrogens (tertiary/aromatic N) is 6. The maximum atomic E-state index is 13.2. The van der Waals surface area contributed by atoms with E-state index in [0.717, 1.165) is 109 Å². The number of nitrogens with one attached hydrogen (secondary N) is 2. The Morgan fingerprint density at radius 2 is 0.811 bits per heavy atom. The van der Waals surface area contributed by atoms with Crippen LogP contribution in [0, 0.1) is 0 Å².